The Kier molecular flexibility index (Phi) is 13.7. The normalized spacial score (nSPS) is 13.1. The standard InChI is InChI=1S/C43H48F2N12O4S/c1-25(2)57-28(5)50-40-32(44)20-29(21-35(40)57)39-33(45)23-48-42(53-39)52-36-11-10-30(22-47-36)56-16-14-55(15-17-56)24-38(59)46-13-19-61-18-12-37(58)51-34-9-7-6-8-31(34)41(60)54-43-49-26(3)27(4)62-43/h6-11,20-23,25H,12-19,24H2,1-5H3,(H,46,59)(H,51,58)(H,49,54,60)(H,47,48,52,53). The molecule has 1 aliphatic heterocycles. The van der Waals surface area contributed by atoms with Crippen LogP contribution in [0.2, 0.25) is 0 Å². The molecule has 3 amide bonds. The Morgan fingerprint density at radius 1 is 0.871 bits per heavy atom. The van der Waals surface area contributed by atoms with Crippen LogP contribution in [0.25, 0.3) is 22.3 Å². The SMILES string of the molecule is Cc1nc(NC(=O)c2ccccc2NC(=O)CCOCCNC(=O)CN2CCN(c3ccc(Nc4ncc(F)c(-c5cc(F)c6nc(C)n(C(C)C)c6c5)n4)nc3)CC2)sc1C. The molecule has 5 heterocycles. The molecule has 1 fully saturated rings. The number of carbonyl (C=O) groups excluding carboxylic acids is 3. The summed E-state index contributed by atoms with van der Waals surface area (Å²) < 4.78 is 37.6. The highest BCUT2D eigenvalue weighted by molar-refractivity contribution is 7.15. The molecule has 2 aromatic carbocycles. The highest BCUT2D eigenvalue weighted by atomic mass is 32.1. The van der Waals surface area contributed by atoms with Gasteiger partial charge in [-0.15, -0.1) is 11.3 Å². The lowest BCUT2D eigenvalue weighted by molar-refractivity contribution is -0.123. The van der Waals surface area contributed by atoms with Crippen LogP contribution in [0, 0.1) is 32.4 Å². The Bertz CT molecular complexity index is 2550. The number of amides is 3. The summed E-state index contributed by atoms with van der Waals surface area (Å²) in [5, 5.41) is 12.0. The molecule has 0 radical (unpaired) electrons. The Balaban J connectivity index is 0.806. The molecule has 1 saturated heterocycles. The second-order valence-corrected chi connectivity index (χ2v) is 16.3. The first-order valence-corrected chi connectivity index (χ1v) is 21.0. The number of hydrogen-bond acceptors (Lipinski definition) is 13. The molecule has 19 heteroatoms. The van der Waals surface area contributed by atoms with Crippen LogP contribution in [0.15, 0.2) is 60.9 Å². The second-order valence-electron chi connectivity index (χ2n) is 15.0. The number of ether oxygens (including phenoxy) is 1. The van der Waals surface area contributed by atoms with Crippen molar-refractivity contribution in [3.63, 3.8) is 0 Å². The largest absolute Gasteiger partial charge is 0.379 e. The zero-order valence-corrected chi connectivity index (χ0v) is 35.9. The first-order chi connectivity index (χ1) is 29.8. The van der Waals surface area contributed by atoms with E-state index in [2.05, 4.69) is 56.0 Å². The Labute approximate surface area is 361 Å². The number of anilines is 5. The number of fused-ring (bicyclic) bond motifs is 1. The molecule has 0 bridgehead atoms. The van der Waals surface area contributed by atoms with Gasteiger partial charge in [-0.25, -0.2) is 33.7 Å². The predicted molar refractivity (Wildman–Crippen MR) is 235 cm³/mol. The number of nitrogens with zero attached hydrogens (tertiary/aromatic N) is 8. The van der Waals surface area contributed by atoms with E-state index >= 15 is 8.78 Å². The molecule has 16 nitrogen and oxygen atoms in total. The Hall–Kier alpha value is -6.44. The molecule has 6 aromatic rings. The van der Waals surface area contributed by atoms with Crippen LogP contribution < -0.4 is 26.2 Å². The van der Waals surface area contributed by atoms with Crippen molar-refractivity contribution in [3.05, 3.63) is 94.5 Å². The number of carbonyl (C=O) groups is 3. The fourth-order valence-electron chi connectivity index (χ4n) is 7.10. The Morgan fingerprint density at radius 3 is 2.39 bits per heavy atom. The quantitative estimate of drug-likeness (QED) is 0.0786. The maximum absolute atomic E-state index is 15.1. The van der Waals surface area contributed by atoms with E-state index in [9.17, 15) is 14.4 Å². The summed E-state index contributed by atoms with van der Waals surface area (Å²) in [6.07, 6.45) is 2.84. The lowest BCUT2D eigenvalue weighted by atomic mass is 10.1. The number of aromatic nitrogens is 6. The summed E-state index contributed by atoms with van der Waals surface area (Å²) in [5.41, 5.74) is 3.47. The fraction of sp³-hybridized carbons (Fsp3) is 0.349. The average Bonchev–Trinajstić information content (AvgIpc) is 3.76. The first-order valence-electron chi connectivity index (χ1n) is 20.2. The van der Waals surface area contributed by atoms with Gasteiger partial charge in [-0.3, -0.25) is 24.6 Å². The van der Waals surface area contributed by atoms with E-state index in [1.54, 1.807) is 42.6 Å². The van der Waals surface area contributed by atoms with E-state index in [1.165, 1.54) is 17.4 Å². The van der Waals surface area contributed by atoms with Crippen LogP contribution in [0.3, 0.4) is 0 Å². The topological polar surface area (TPSA) is 184 Å². The van der Waals surface area contributed by atoms with Gasteiger partial charge in [0.1, 0.15) is 22.9 Å². The minimum absolute atomic E-state index is 0.0244. The number of hydrogen-bond donors (Lipinski definition) is 4. The summed E-state index contributed by atoms with van der Waals surface area (Å²) in [6, 6.07) is 13.4. The third kappa shape index (κ3) is 10.5. The number of pyridine rings is 1. The molecule has 0 aliphatic carbocycles. The molecular weight excluding hydrogens is 819 g/mol. The number of thiazole rings is 1. The van der Waals surface area contributed by atoms with Crippen molar-refractivity contribution >= 4 is 68.4 Å². The second kappa shape index (κ2) is 19.5. The number of piperazine rings is 1. The minimum Gasteiger partial charge on any atom is -0.379 e. The first kappa shape index (κ1) is 43.6. The van der Waals surface area contributed by atoms with Crippen LogP contribution in [-0.4, -0.2) is 105 Å². The maximum Gasteiger partial charge on any atom is 0.259 e. The number of imidazole rings is 1. The maximum atomic E-state index is 15.1. The van der Waals surface area contributed by atoms with Gasteiger partial charge in [0.15, 0.2) is 16.8 Å². The van der Waals surface area contributed by atoms with Gasteiger partial charge < -0.3 is 30.2 Å². The molecule has 0 unspecified atom stereocenters. The third-order valence-corrected chi connectivity index (χ3v) is 11.3. The Morgan fingerprint density at radius 2 is 1.66 bits per heavy atom. The van der Waals surface area contributed by atoms with Crippen LogP contribution in [-0.2, 0) is 14.3 Å². The highest BCUT2D eigenvalue weighted by Gasteiger charge is 2.22. The van der Waals surface area contributed by atoms with Gasteiger partial charge in [-0.05, 0) is 71.0 Å². The smallest absolute Gasteiger partial charge is 0.259 e. The number of benzene rings is 2. The number of aryl methyl sites for hydroxylation is 3. The number of halogens is 2. The predicted octanol–water partition coefficient (Wildman–Crippen LogP) is 6.41. The monoisotopic (exact) mass is 866 g/mol. The molecule has 324 valence electrons. The van der Waals surface area contributed by atoms with Gasteiger partial charge in [0.25, 0.3) is 5.91 Å². The molecule has 0 atom stereocenters. The zero-order chi connectivity index (χ0) is 43.9. The van der Waals surface area contributed by atoms with Gasteiger partial charge in [0, 0.05) is 49.2 Å². The van der Waals surface area contributed by atoms with Crippen LogP contribution in [0.5, 0.6) is 0 Å². The molecule has 4 aromatic heterocycles. The average molecular weight is 867 g/mol. The lowest BCUT2D eigenvalue weighted by Gasteiger charge is -2.35. The number of nitrogens with one attached hydrogen (secondary N) is 4. The van der Waals surface area contributed by atoms with Gasteiger partial charge in [0.2, 0.25) is 17.8 Å². The molecule has 1 aliphatic rings. The molecular formula is C43H48F2N12O4S. The number of para-hydroxylation sites is 1. The summed E-state index contributed by atoms with van der Waals surface area (Å²) in [5.74, 6) is -0.821. The van der Waals surface area contributed by atoms with Crippen LogP contribution in [0.4, 0.5) is 37.1 Å². The van der Waals surface area contributed by atoms with Gasteiger partial charge in [-0.2, -0.15) is 0 Å². The summed E-state index contributed by atoms with van der Waals surface area (Å²) in [6.45, 7) is 13.2. The highest BCUT2D eigenvalue weighted by Crippen LogP contribution is 2.31. The fourth-order valence-corrected chi connectivity index (χ4v) is 7.90. The lowest BCUT2D eigenvalue weighted by Crippen LogP contribution is -2.49. The van der Waals surface area contributed by atoms with Crippen LogP contribution >= 0.6 is 11.3 Å². The summed E-state index contributed by atoms with van der Waals surface area (Å²) >= 11 is 1.39. The van der Waals surface area contributed by atoms with E-state index in [0.29, 0.717) is 66.3 Å². The van der Waals surface area contributed by atoms with E-state index in [-0.39, 0.29) is 72.7 Å². The van der Waals surface area contributed by atoms with Crippen molar-refractivity contribution in [2.45, 2.75) is 47.1 Å². The van der Waals surface area contributed by atoms with Crippen molar-refractivity contribution < 1.29 is 27.9 Å². The number of rotatable bonds is 16. The van der Waals surface area contributed by atoms with Crippen LogP contribution in [0.1, 0.15) is 53.1 Å². The van der Waals surface area contributed by atoms with Gasteiger partial charge >= 0.3 is 0 Å². The van der Waals surface area contributed by atoms with Crippen molar-refractivity contribution in [2.75, 3.05) is 73.3 Å². The molecule has 0 spiro atoms. The van der Waals surface area contributed by atoms with Gasteiger partial charge in [0.05, 0.1) is 66.7 Å². The van der Waals surface area contributed by atoms with Crippen molar-refractivity contribution in [3.8, 4) is 11.3 Å². The van der Waals surface area contributed by atoms with Crippen molar-refractivity contribution in [1.82, 2.24) is 39.7 Å². The summed E-state index contributed by atoms with van der Waals surface area (Å²) in [4.78, 5) is 65.1. The summed E-state index contributed by atoms with van der Waals surface area (Å²) in [7, 11) is 0. The van der Waals surface area contributed by atoms with Crippen molar-refractivity contribution in [1.29, 1.82) is 0 Å². The van der Waals surface area contributed by atoms with Crippen molar-refractivity contribution in [2.24, 2.45) is 0 Å². The molecule has 4 N–H and O–H groups in total. The third-order valence-electron chi connectivity index (χ3n) is 10.3. The van der Waals surface area contributed by atoms with E-state index in [4.69, 9.17) is 4.74 Å². The molecule has 62 heavy (non-hydrogen) atoms. The van der Waals surface area contributed by atoms with E-state index in [0.717, 1.165) is 22.5 Å². The van der Waals surface area contributed by atoms with E-state index < -0.39 is 11.6 Å². The van der Waals surface area contributed by atoms with E-state index in [1.807, 2.05) is 45.3 Å². The molecule has 0 saturated carbocycles. The van der Waals surface area contributed by atoms with Gasteiger partial charge in [-0.1, -0.05) is 12.1 Å². The molecule has 7 rings (SSSR count). The zero-order valence-electron chi connectivity index (χ0n) is 35.1. The minimum atomic E-state index is -0.688.